The number of rotatable bonds is 8. The number of hydrogen-bond donors (Lipinski definition) is 1. The number of carbonyl (C=O) groups excluding carboxylic acids is 2. The van der Waals surface area contributed by atoms with Gasteiger partial charge in [0.1, 0.15) is 6.54 Å². The molecule has 0 atom stereocenters. The first-order valence-electron chi connectivity index (χ1n) is 9.06. The Hall–Kier alpha value is -3.55. The van der Waals surface area contributed by atoms with Crippen LogP contribution in [-0.2, 0) is 16.1 Å². The van der Waals surface area contributed by atoms with Gasteiger partial charge in [0.15, 0.2) is 0 Å². The molecule has 8 nitrogen and oxygen atoms in total. The van der Waals surface area contributed by atoms with E-state index in [0.717, 1.165) is 18.4 Å². The molecule has 0 unspecified atom stereocenters. The molecule has 0 aliphatic heterocycles. The molecule has 0 fully saturated rings. The van der Waals surface area contributed by atoms with Gasteiger partial charge >= 0.3 is 5.97 Å². The van der Waals surface area contributed by atoms with Crippen molar-refractivity contribution in [2.45, 2.75) is 26.3 Å². The van der Waals surface area contributed by atoms with Crippen LogP contribution in [0.25, 0.3) is 11.4 Å². The summed E-state index contributed by atoms with van der Waals surface area (Å²) >= 11 is 0. The predicted molar refractivity (Wildman–Crippen MR) is 104 cm³/mol. The van der Waals surface area contributed by atoms with Crippen LogP contribution >= 0.6 is 0 Å². The van der Waals surface area contributed by atoms with Gasteiger partial charge in [-0.1, -0.05) is 43.7 Å². The highest BCUT2D eigenvalue weighted by molar-refractivity contribution is 5.92. The summed E-state index contributed by atoms with van der Waals surface area (Å²) in [5.74, 6) is -0.207. The highest BCUT2D eigenvalue weighted by Gasteiger charge is 2.11. The molecule has 3 rings (SSSR count). The Morgan fingerprint density at radius 2 is 1.82 bits per heavy atom. The molecule has 1 aromatic heterocycles. The van der Waals surface area contributed by atoms with E-state index in [-0.39, 0.29) is 18.4 Å². The molecule has 0 saturated heterocycles. The fraction of sp³-hybridized carbons (Fsp3) is 0.250. The van der Waals surface area contributed by atoms with Crippen LogP contribution in [-0.4, -0.2) is 38.7 Å². The lowest BCUT2D eigenvalue weighted by molar-refractivity contribution is -0.117. The van der Waals surface area contributed by atoms with Crippen LogP contribution in [0.1, 0.15) is 30.1 Å². The van der Waals surface area contributed by atoms with Gasteiger partial charge in [-0.25, -0.2) is 4.79 Å². The van der Waals surface area contributed by atoms with Crippen LogP contribution in [0.2, 0.25) is 0 Å². The molecule has 1 amide bonds. The monoisotopic (exact) mass is 379 g/mol. The molecule has 0 saturated carbocycles. The molecular weight excluding hydrogens is 358 g/mol. The summed E-state index contributed by atoms with van der Waals surface area (Å²) in [4.78, 5) is 25.3. The zero-order valence-corrected chi connectivity index (χ0v) is 15.5. The highest BCUT2D eigenvalue weighted by Crippen LogP contribution is 2.13. The zero-order valence-electron chi connectivity index (χ0n) is 15.5. The van der Waals surface area contributed by atoms with Gasteiger partial charge < -0.3 is 10.1 Å². The summed E-state index contributed by atoms with van der Waals surface area (Å²) in [6.07, 6.45) is 1.80. The smallest absolute Gasteiger partial charge is 0.338 e. The molecule has 0 aliphatic rings. The number of ether oxygens (including phenoxy) is 1. The molecule has 0 aliphatic carbocycles. The molecule has 1 heterocycles. The molecule has 28 heavy (non-hydrogen) atoms. The van der Waals surface area contributed by atoms with E-state index < -0.39 is 0 Å². The third-order valence-electron chi connectivity index (χ3n) is 3.91. The van der Waals surface area contributed by atoms with E-state index in [0.29, 0.717) is 23.7 Å². The maximum atomic E-state index is 12.2. The number of aromatic nitrogens is 4. The Kier molecular flexibility index (Phi) is 6.46. The lowest BCUT2D eigenvalue weighted by atomic mass is 10.2. The van der Waals surface area contributed by atoms with Crippen molar-refractivity contribution in [3.63, 3.8) is 0 Å². The number of esters is 1. The zero-order chi connectivity index (χ0) is 19.8. The minimum absolute atomic E-state index is 0.0688. The lowest BCUT2D eigenvalue weighted by Gasteiger charge is -2.06. The maximum Gasteiger partial charge on any atom is 0.338 e. The topological polar surface area (TPSA) is 99.0 Å². The molecule has 0 radical (unpaired) electrons. The first kappa shape index (κ1) is 19.2. The molecule has 0 bridgehead atoms. The van der Waals surface area contributed by atoms with Gasteiger partial charge in [0.25, 0.3) is 0 Å². The Morgan fingerprint density at radius 3 is 2.54 bits per heavy atom. The Labute approximate surface area is 162 Å². The van der Waals surface area contributed by atoms with Crippen molar-refractivity contribution < 1.29 is 14.3 Å². The highest BCUT2D eigenvalue weighted by atomic mass is 16.5. The van der Waals surface area contributed by atoms with Crippen LogP contribution < -0.4 is 5.32 Å². The van der Waals surface area contributed by atoms with E-state index in [1.807, 2.05) is 37.3 Å². The normalized spacial score (nSPS) is 10.5. The van der Waals surface area contributed by atoms with Crippen molar-refractivity contribution >= 4 is 17.6 Å². The fourth-order valence-corrected chi connectivity index (χ4v) is 2.42. The second kappa shape index (κ2) is 9.40. The lowest BCUT2D eigenvalue weighted by Crippen LogP contribution is -2.20. The molecule has 144 valence electrons. The largest absolute Gasteiger partial charge is 0.462 e. The molecular formula is C20H21N5O3. The third kappa shape index (κ3) is 5.23. The van der Waals surface area contributed by atoms with Gasteiger partial charge in [0.2, 0.25) is 11.7 Å². The molecule has 3 aromatic rings. The number of nitrogens with one attached hydrogen (secondary N) is 1. The quantitative estimate of drug-likeness (QED) is 0.477. The second-order valence-corrected chi connectivity index (χ2v) is 6.12. The fourth-order valence-electron chi connectivity index (χ4n) is 2.42. The van der Waals surface area contributed by atoms with Crippen molar-refractivity contribution in [2.75, 3.05) is 11.9 Å². The number of nitrogens with zero attached hydrogens (tertiary/aromatic N) is 4. The number of anilines is 1. The number of unbranched alkanes of at least 4 members (excludes halogenated alkanes) is 1. The summed E-state index contributed by atoms with van der Waals surface area (Å²) in [6, 6.07) is 15.9. The maximum absolute atomic E-state index is 12.2. The van der Waals surface area contributed by atoms with E-state index in [1.165, 1.54) is 4.80 Å². The number of tetrazole rings is 1. The van der Waals surface area contributed by atoms with Crippen LogP contribution in [0.4, 0.5) is 5.69 Å². The molecule has 8 heteroatoms. The first-order valence-corrected chi connectivity index (χ1v) is 9.06. The van der Waals surface area contributed by atoms with Crippen LogP contribution in [0.15, 0.2) is 54.6 Å². The summed E-state index contributed by atoms with van der Waals surface area (Å²) in [5, 5.41) is 14.8. The van der Waals surface area contributed by atoms with Gasteiger partial charge in [0, 0.05) is 11.3 Å². The minimum Gasteiger partial charge on any atom is -0.462 e. The average Bonchev–Trinajstić information content (AvgIpc) is 3.17. The van der Waals surface area contributed by atoms with Crippen LogP contribution in [0, 0.1) is 0 Å². The Balaban J connectivity index is 1.54. The van der Waals surface area contributed by atoms with Crippen molar-refractivity contribution in [1.29, 1.82) is 0 Å². The van der Waals surface area contributed by atoms with E-state index in [2.05, 4.69) is 20.7 Å². The van der Waals surface area contributed by atoms with Gasteiger partial charge in [-0.2, -0.15) is 4.80 Å². The van der Waals surface area contributed by atoms with Crippen LogP contribution in [0.3, 0.4) is 0 Å². The SMILES string of the molecule is CCCCOC(=O)c1ccc(NC(=O)Cn2nnc(-c3ccccc3)n2)cc1. The van der Waals surface area contributed by atoms with Crippen molar-refractivity contribution in [3.8, 4) is 11.4 Å². The van der Waals surface area contributed by atoms with Crippen molar-refractivity contribution in [2.24, 2.45) is 0 Å². The summed E-state index contributed by atoms with van der Waals surface area (Å²) in [5.41, 5.74) is 1.84. The summed E-state index contributed by atoms with van der Waals surface area (Å²) in [7, 11) is 0. The standard InChI is InChI=1S/C20H21N5O3/c1-2-3-13-28-20(27)16-9-11-17(12-10-16)21-18(26)14-25-23-19(22-24-25)15-7-5-4-6-8-15/h4-12H,2-3,13-14H2,1H3,(H,21,26). The summed E-state index contributed by atoms with van der Waals surface area (Å²) in [6.45, 7) is 2.37. The van der Waals surface area contributed by atoms with E-state index >= 15 is 0 Å². The molecule has 1 N–H and O–H groups in total. The van der Waals surface area contributed by atoms with Crippen LogP contribution in [0.5, 0.6) is 0 Å². The minimum atomic E-state index is -0.369. The van der Waals surface area contributed by atoms with Crippen molar-refractivity contribution in [3.05, 3.63) is 60.2 Å². The Morgan fingerprint density at radius 1 is 1.07 bits per heavy atom. The second-order valence-electron chi connectivity index (χ2n) is 6.12. The van der Waals surface area contributed by atoms with E-state index in [1.54, 1.807) is 24.3 Å². The predicted octanol–water partition coefficient (Wildman–Crippen LogP) is 2.94. The number of amides is 1. The van der Waals surface area contributed by atoms with E-state index in [9.17, 15) is 9.59 Å². The number of benzene rings is 2. The van der Waals surface area contributed by atoms with Gasteiger partial charge in [-0.05, 0) is 35.9 Å². The molecule has 0 spiro atoms. The van der Waals surface area contributed by atoms with Gasteiger partial charge in [-0.3, -0.25) is 4.79 Å². The summed E-state index contributed by atoms with van der Waals surface area (Å²) < 4.78 is 5.15. The number of carbonyl (C=O) groups is 2. The van der Waals surface area contributed by atoms with Gasteiger partial charge in [0.05, 0.1) is 12.2 Å². The number of hydrogen-bond acceptors (Lipinski definition) is 6. The third-order valence-corrected chi connectivity index (χ3v) is 3.91. The first-order chi connectivity index (χ1) is 13.7. The van der Waals surface area contributed by atoms with E-state index in [4.69, 9.17) is 4.74 Å². The van der Waals surface area contributed by atoms with Crippen molar-refractivity contribution in [1.82, 2.24) is 20.2 Å². The average molecular weight is 379 g/mol. The molecule has 2 aromatic carbocycles. The Bertz CT molecular complexity index is 923. The van der Waals surface area contributed by atoms with Gasteiger partial charge in [-0.15, -0.1) is 10.2 Å².